The van der Waals surface area contributed by atoms with E-state index in [2.05, 4.69) is 22.9 Å². The van der Waals surface area contributed by atoms with E-state index in [0.29, 0.717) is 17.7 Å². The normalized spacial score (nSPS) is 24.0. The van der Waals surface area contributed by atoms with E-state index in [4.69, 9.17) is 4.74 Å². The minimum Gasteiger partial charge on any atom is -0.379 e. The summed E-state index contributed by atoms with van der Waals surface area (Å²) in [7, 11) is 0. The second kappa shape index (κ2) is 9.13. The highest BCUT2D eigenvalue weighted by Gasteiger charge is 2.30. The first-order valence-electron chi connectivity index (χ1n) is 10.2. The number of ether oxygens (including phenoxy) is 1. The van der Waals surface area contributed by atoms with E-state index >= 15 is 0 Å². The number of aromatic nitrogens is 2. The van der Waals surface area contributed by atoms with Crippen molar-refractivity contribution in [1.29, 1.82) is 5.26 Å². The molecule has 7 heteroatoms. The van der Waals surface area contributed by atoms with Gasteiger partial charge >= 0.3 is 5.69 Å². The van der Waals surface area contributed by atoms with Crippen LogP contribution in [0.1, 0.15) is 57.1 Å². The molecule has 1 aliphatic carbocycles. The number of rotatable bonds is 4. The summed E-state index contributed by atoms with van der Waals surface area (Å²) in [5, 5.41) is 9.17. The molecule has 1 saturated heterocycles. The van der Waals surface area contributed by atoms with Crippen LogP contribution in [0.5, 0.6) is 0 Å². The van der Waals surface area contributed by atoms with Gasteiger partial charge in [0.05, 0.1) is 28.8 Å². The van der Waals surface area contributed by atoms with Crippen molar-refractivity contribution in [1.82, 2.24) is 14.5 Å². The Morgan fingerprint density at radius 1 is 1.14 bits per heavy atom. The van der Waals surface area contributed by atoms with Gasteiger partial charge in [0.2, 0.25) is 0 Å². The zero-order chi connectivity index (χ0) is 18.8. The summed E-state index contributed by atoms with van der Waals surface area (Å²) < 4.78 is 7.65. The van der Waals surface area contributed by atoms with Crippen LogP contribution in [0, 0.1) is 11.3 Å². The minimum absolute atomic E-state index is 0. The number of halogens is 1. The first-order chi connectivity index (χ1) is 13.2. The molecule has 0 spiro atoms. The predicted molar refractivity (Wildman–Crippen MR) is 112 cm³/mol. The molecular formula is C21H29ClN4O2. The molecule has 0 amide bonds. The summed E-state index contributed by atoms with van der Waals surface area (Å²) >= 11 is 0. The number of nitriles is 1. The van der Waals surface area contributed by atoms with Gasteiger partial charge in [0.1, 0.15) is 0 Å². The molecular weight excluding hydrogens is 376 g/mol. The maximum atomic E-state index is 12.5. The number of benzene rings is 1. The van der Waals surface area contributed by atoms with Crippen LogP contribution in [0.4, 0.5) is 0 Å². The van der Waals surface area contributed by atoms with E-state index in [1.165, 1.54) is 12.8 Å². The maximum Gasteiger partial charge on any atom is 0.326 e. The number of hydrogen-bond donors (Lipinski definition) is 1. The van der Waals surface area contributed by atoms with Gasteiger partial charge in [-0.15, -0.1) is 12.4 Å². The molecule has 2 aromatic rings. The van der Waals surface area contributed by atoms with Gasteiger partial charge in [-0.2, -0.15) is 5.26 Å². The van der Waals surface area contributed by atoms with E-state index in [1.54, 1.807) is 6.07 Å². The molecule has 4 rings (SSSR count). The highest BCUT2D eigenvalue weighted by molar-refractivity contribution is 5.85. The van der Waals surface area contributed by atoms with Crippen molar-refractivity contribution in [3.8, 4) is 6.07 Å². The third-order valence-electron chi connectivity index (χ3n) is 6.27. The van der Waals surface area contributed by atoms with Crippen molar-refractivity contribution >= 4 is 23.4 Å². The highest BCUT2D eigenvalue weighted by Crippen LogP contribution is 2.31. The van der Waals surface area contributed by atoms with Gasteiger partial charge in [-0.25, -0.2) is 4.79 Å². The Morgan fingerprint density at radius 3 is 2.50 bits per heavy atom. The molecule has 1 N–H and O–H groups in total. The molecule has 2 heterocycles. The summed E-state index contributed by atoms with van der Waals surface area (Å²) in [6.07, 6.45) is 7.17. The van der Waals surface area contributed by atoms with Crippen molar-refractivity contribution in [2.45, 2.75) is 63.6 Å². The molecule has 1 aliphatic heterocycles. The highest BCUT2D eigenvalue weighted by atomic mass is 35.5. The van der Waals surface area contributed by atoms with Gasteiger partial charge in [-0.3, -0.25) is 4.57 Å². The van der Waals surface area contributed by atoms with Crippen molar-refractivity contribution < 1.29 is 4.74 Å². The number of imidazole rings is 1. The van der Waals surface area contributed by atoms with Crippen molar-refractivity contribution in [2.24, 2.45) is 0 Å². The van der Waals surface area contributed by atoms with Crippen molar-refractivity contribution in [2.75, 3.05) is 19.7 Å². The molecule has 2 fully saturated rings. The monoisotopic (exact) mass is 404 g/mol. The summed E-state index contributed by atoms with van der Waals surface area (Å²) in [5.41, 5.74) is 2.21. The topological polar surface area (TPSA) is 74.0 Å². The minimum atomic E-state index is -0.0595. The maximum absolute atomic E-state index is 12.5. The molecule has 152 valence electrons. The van der Waals surface area contributed by atoms with Crippen LogP contribution in [-0.4, -0.2) is 46.3 Å². The van der Waals surface area contributed by atoms with Crippen LogP contribution in [-0.2, 0) is 4.74 Å². The Hall–Kier alpha value is -1.81. The number of fused-ring (bicyclic) bond motifs is 1. The Labute approximate surface area is 171 Å². The predicted octanol–water partition coefficient (Wildman–Crippen LogP) is 3.61. The van der Waals surface area contributed by atoms with Crippen LogP contribution < -0.4 is 5.69 Å². The average Bonchev–Trinajstić information content (AvgIpc) is 3.04. The number of hydrogen-bond acceptors (Lipinski definition) is 4. The number of H-pyrrole nitrogens is 1. The number of aromatic amines is 1. The Morgan fingerprint density at radius 2 is 1.86 bits per heavy atom. The largest absolute Gasteiger partial charge is 0.379 e. The van der Waals surface area contributed by atoms with Gasteiger partial charge in [-0.1, -0.05) is 0 Å². The molecule has 0 unspecified atom stereocenters. The molecule has 6 nitrogen and oxygen atoms in total. The fraction of sp³-hybridized carbons (Fsp3) is 0.619. The fourth-order valence-corrected chi connectivity index (χ4v) is 4.88. The van der Waals surface area contributed by atoms with Gasteiger partial charge in [-0.05, 0) is 63.6 Å². The van der Waals surface area contributed by atoms with Crippen LogP contribution in [0.2, 0.25) is 0 Å². The lowest BCUT2D eigenvalue weighted by molar-refractivity contribution is 0.00796. The number of nitrogens with one attached hydrogen (secondary N) is 1. The smallest absolute Gasteiger partial charge is 0.326 e. The third kappa shape index (κ3) is 4.12. The van der Waals surface area contributed by atoms with Crippen LogP contribution in [0.25, 0.3) is 11.0 Å². The summed E-state index contributed by atoms with van der Waals surface area (Å²) in [6.45, 7) is 4.95. The molecule has 1 saturated carbocycles. The van der Waals surface area contributed by atoms with E-state index in [-0.39, 0.29) is 24.1 Å². The van der Waals surface area contributed by atoms with Gasteiger partial charge in [0.25, 0.3) is 0 Å². The summed E-state index contributed by atoms with van der Waals surface area (Å²) in [5.74, 6) is 0. The average molecular weight is 405 g/mol. The first kappa shape index (κ1) is 20.9. The third-order valence-corrected chi connectivity index (χ3v) is 6.27. The van der Waals surface area contributed by atoms with Crippen molar-refractivity contribution in [3.05, 3.63) is 34.2 Å². The number of likely N-dealkylation sites (tertiary alicyclic amines) is 1. The van der Waals surface area contributed by atoms with Crippen LogP contribution in [0.15, 0.2) is 23.0 Å². The number of nitrogens with zero attached hydrogens (tertiary/aromatic N) is 3. The van der Waals surface area contributed by atoms with E-state index in [0.717, 1.165) is 56.4 Å². The lowest BCUT2D eigenvalue weighted by Gasteiger charge is -2.40. The van der Waals surface area contributed by atoms with E-state index < -0.39 is 0 Å². The second-order valence-electron chi connectivity index (χ2n) is 7.80. The lowest BCUT2D eigenvalue weighted by Crippen LogP contribution is -2.45. The van der Waals surface area contributed by atoms with Crippen LogP contribution >= 0.6 is 12.4 Å². The fourth-order valence-electron chi connectivity index (χ4n) is 4.88. The summed E-state index contributed by atoms with van der Waals surface area (Å²) in [4.78, 5) is 18.1. The molecule has 0 bridgehead atoms. The Bertz CT molecular complexity index is 884. The van der Waals surface area contributed by atoms with Gasteiger partial charge < -0.3 is 14.6 Å². The summed E-state index contributed by atoms with van der Waals surface area (Å²) in [6, 6.07) is 8.45. The SMILES string of the molecule is CCO[C@H]1CC[C@H](N2CCC(n3c(=O)[nH]c4ccc(C#N)cc43)CC2)CC1.Cl. The standard InChI is InChI=1S/C21H28N4O2.ClH/c1-2-27-18-6-4-16(5-7-18)24-11-9-17(10-12-24)25-20-13-15(14-22)3-8-19(20)23-21(25)26;/h3,8,13,16-18H,2,4-7,9-12H2,1H3,(H,23,26);1H/t16-,18-;. The van der Waals surface area contributed by atoms with Gasteiger partial charge in [0, 0.05) is 31.8 Å². The molecule has 1 aromatic heterocycles. The zero-order valence-corrected chi connectivity index (χ0v) is 17.2. The molecule has 1 aromatic carbocycles. The van der Waals surface area contributed by atoms with Crippen molar-refractivity contribution in [3.63, 3.8) is 0 Å². The molecule has 0 atom stereocenters. The van der Waals surface area contributed by atoms with Crippen LogP contribution in [0.3, 0.4) is 0 Å². The first-order valence-corrected chi connectivity index (χ1v) is 10.2. The molecule has 28 heavy (non-hydrogen) atoms. The molecule has 0 radical (unpaired) electrons. The molecule has 2 aliphatic rings. The lowest BCUT2D eigenvalue weighted by atomic mass is 9.90. The van der Waals surface area contributed by atoms with E-state index in [1.807, 2.05) is 16.7 Å². The van der Waals surface area contributed by atoms with E-state index in [9.17, 15) is 10.1 Å². The quantitative estimate of drug-likeness (QED) is 0.844. The second-order valence-corrected chi connectivity index (χ2v) is 7.80. The number of piperidine rings is 1. The zero-order valence-electron chi connectivity index (χ0n) is 16.4. The Balaban J connectivity index is 0.00000225. The Kier molecular flexibility index (Phi) is 6.82. The van der Waals surface area contributed by atoms with Gasteiger partial charge in [0.15, 0.2) is 0 Å².